The van der Waals surface area contributed by atoms with Crippen molar-refractivity contribution in [1.82, 2.24) is 4.98 Å². The molecule has 1 aromatic heterocycles. The molecule has 2 nitrogen and oxygen atoms in total. The maximum atomic E-state index is 5.84. The zero-order valence-electron chi connectivity index (χ0n) is 8.40. The molecule has 76 valence electrons. The van der Waals surface area contributed by atoms with Gasteiger partial charge in [-0.15, -0.1) is 0 Å². The minimum absolute atomic E-state index is 0.218. The molecule has 0 amide bonds. The van der Waals surface area contributed by atoms with Crippen molar-refractivity contribution in [3.05, 3.63) is 24.5 Å². The van der Waals surface area contributed by atoms with E-state index in [1.54, 1.807) is 12.4 Å². The van der Waals surface area contributed by atoms with Gasteiger partial charge in [-0.25, -0.2) is 0 Å². The molecule has 1 aliphatic rings. The van der Waals surface area contributed by atoms with Crippen LogP contribution >= 0.6 is 15.9 Å². The van der Waals surface area contributed by atoms with Crippen molar-refractivity contribution < 1.29 is 4.74 Å². The van der Waals surface area contributed by atoms with Crippen LogP contribution in [-0.2, 0) is 0 Å². The van der Waals surface area contributed by atoms with E-state index in [-0.39, 0.29) is 5.41 Å². The molecule has 1 aromatic rings. The summed E-state index contributed by atoms with van der Waals surface area (Å²) in [6.07, 6.45) is 4.89. The van der Waals surface area contributed by atoms with E-state index in [1.807, 2.05) is 12.1 Å². The van der Waals surface area contributed by atoms with Gasteiger partial charge in [-0.3, -0.25) is 4.98 Å². The molecule has 1 saturated carbocycles. The standard InChI is InChI=1S/C11H14BrNO/c1-11(2)9(12)6-10(11)14-8-4-3-5-13-7-8/h3-5,7,9-10H,6H2,1-2H3. The molecule has 2 atom stereocenters. The second kappa shape index (κ2) is 3.54. The number of hydrogen-bond donors (Lipinski definition) is 0. The molecule has 3 heteroatoms. The first-order valence-corrected chi connectivity index (χ1v) is 5.73. The summed E-state index contributed by atoms with van der Waals surface area (Å²) < 4.78 is 5.84. The second-order valence-corrected chi connectivity index (χ2v) is 5.43. The zero-order valence-corrected chi connectivity index (χ0v) is 9.99. The number of ether oxygens (including phenoxy) is 1. The van der Waals surface area contributed by atoms with E-state index in [4.69, 9.17) is 4.74 Å². The lowest BCUT2D eigenvalue weighted by molar-refractivity contribution is -0.00801. The molecule has 0 radical (unpaired) electrons. The summed E-state index contributed by atoms with van der Waals surface area (Å²) >= 11 is 3.64. The van der Waals surface area contributed by atoms with Gasteiger partial charge in [0, 0.05) is 16.4 Å². The van der Waals surface area contributed by atoms with Crippen LogP contribution in [-0.4, -0.2) is 15.9 Å². The highest BCUT2D eigenvalue weighted by Crippen LogP contribution is 2.47. The van der Waals surface area contributed by atoms with Crippen molar-refractivity contribution >= 4 is 15.9 Å². The topological polar surface area (TPSA) is 22.1 Å². The molecule has 1 heterocycles. The Labute approximate surface area is 92.8 Å². The predicted molar refractivity (Wildman–Crippen MR) is 59.8 cm³/mol. The van der Waals surface area contributed by atoms with E-state index in [9.17, 15) is 0 Å². The summed E-state index contributed by atoms with van der Waals surface area (Å²) in [5.74, 6) is 0.866. The number of halogens is 1. The highest BCUT2D eigenvalue weighted by atomic mass is 79.9. The van der Waals surface area contributed by atoms with E-state index in [2.05, 4.69) is 34.8 Å². The fourth-order valence-corrected chi connectivity index (χ4v) is 2.25. The molecule has 0 saturated heterocycles. The largest absolute Gasteiger partial charge is 0.488 e. The first-order valence-electron chi connectivity index (χ1n) is 4.81. The molecule has 0 aromatic carbocycles. The Bertz CT molecular complexity index is 312. The van der Waals surface area contributed by atoms with Crippen molar-refractivity contribution in [2.45, 2.75) is 31.2 Å². The number of nitrogens with zero attached hydrogens (tertiary/aromatic N) is 1. The van der Waals surface area contributed by atoms with Gasteiger partial charge in [-0.05, 0) is 18.6 Å². The van der Waals surface area contributed by atoms with Gasteiger partial charge < -0.3 is 4.74 Å². The van der Waals surface area contributed by atoms with Gasteiger partial charge in [0.15, 0.2) is 0 Å². The van der Waals surface area contributed by atoms with Crippen molar-refractivity contribution in [2.24, 2.45) is 5.41 Å². The fraction of sp³-hybridized carbons (Fsp3) is 0.545. The summed E-state index contributed by atoms with van der Waals surface area (Å²) in [6.45, 7) is 4.44. The Morgan fingerprint density at radius 1 is 1.57 bits per heavy atom. The number of alkyl halides is 1. The quantitative estimate of drug-likeness (QED) is 0.759. The summed E-state index contributed by atoms with van der Waals surface area (Å²) in [7, 11) is 0. The van der Waals surface area contributed by atoms with Gasteiger partial charge in [0.25, 0.3) is 0 Å². The first-order chi connectivity index (χ1) is 6.60. The minimum Gasteiger partial charge on any atom is -0.488 e. The third-order valence-corrected chi connectivity index (χ3v) is 4.52. The lowest BCUT2D eigenvalue weighted by atomic mass is 9.69. The third kappa shape index (κ3) is 1.65. The van der Waals surface area contributed by atoms with Crippen LogP contribution in [0.15, 0.2) is 24.5 Å². The van der Waals surface area contributed by atoms with Gasteiger partial charge in [0.2, 0.25) is 0 Å². The molecule has 0 N–H and O–H groups in total. The highest BCUT2D eigenvalue weighted by Gasteiger charge is 2.48. The Morgan fingerprint density at radius 3 is 2.86 bits per heavy atom. The summed E-state index contributed by atoms with van der Waals surface area (Å²) in [5, 5.41) is 0. The average Bonchev–Trinajstić information content (AvgIpc) is 2.19. The van der Waals surface area contributed by atoms with Crippen LogP contribution in [0.5, 0.6) is 5.75 Å². The lowest BCUT2D eigenvalue weighted by Crippen LogP contribution is -2.53. The highest BCUT2D eigenvalue weighted by molar-refractivity contribution is 9.09. The van der Waals surface area contributed by atoms with E-state index in [1.165, 1.54) is 0 Å². The Balaban J connectivity index is 2.01. The molecule has 1 fully saturated rings. The summed E-state index contributed by atoms with van der Waals surface area (Å²) in [4.78, 5) is 4.59. The zero-order chi connectivity index (χ0) is 10.2. The average molecular weight is 256 g/mol. The molecule has 1 aliphatic carbocycles. The maximum Gasteiger partial charge on any atom is 0.138 e. The Hall–Kier alpha value is -0.570. The predicted octanol–water partition coefficient (Wildman–Crippen LogP) is 3.02. The van der Waals surface area contributed by atoms with Crippen LogP contribution in [0, 0.1) is 5.41 Å². The molecule has 0 bridgehead atoms. The Morgan fingerprint density at radius 2 is 2.36 bits per heavy atom. The number of hydrogen-bond acceptors (Lipinski definition) is 2. The van der Waals surface area contributed by atoms with Crippen LogP contribution in [0.4, 0.5) is 0 Å². The third-order valence-electron chi connectivity index (χ3n) is 2.97. The molecular formula is C11H14BrNO. The Kier molecular flexibility index (Phi) is 2.52. The van der Waals surface area contributed by atoms with Crippen molar-refractivity contribution in [3.8, 4) is 5.75 Å². The van der Waals surface area contributed by atoms with Gasteiger partial charge in [-0.2, -0.15) is 0 Å². The van der Waals surface area contributed by atoms with Crippen LogP contribution in [0.2, 0.25) is 0 Å². The first kappa shape index (κ1) is 9.97. The van der Waals surface area contributed by atoms with Crippen LogP contribution < -0.4 is 4.74 Å². The van der Waals surface area contributed by atoms with Gasteiger partial charge in [0.05, 0.1) is 6.20 Å². The molecule has 14 heavy (non-hydrogen) atoms. The number of pyridine rings is 1. The molecule has 2 rings (SSSR count). The SMILES string of the molecule is CC1(C)C(Br)CC1Oc1cccnc1. The van der Waals surface area contributed by atoms with E-state index < -0.39 is 0 Å². The summed E-state index contributed by atoms with van der Waals surface area (Å²) in [6, 6.07) is 3.84. The van der Waals surface area contributed by atoms with Crippen molar-refractivity contribution in [1.29, 1.82) is 0 Å². The normalized spacial score (nSPS) is 29.4. The van der Waals surface area contributed by atoms with Gasteiger partial charge in [0.1, 0.15) is 11.9 Å². The minimum atomic E-state index is 0.218. The lowest BCUT2D eigenvalue weighted by Gasteiger charge is -2.48. The fourth-order valence-electron chi connectivity index (χ4n) is 1.62. The van der Waals surface area contributed by atoms with Crippen molar-refractivity contribution in [3.63, 3.8) is 0 Å². The van der Waals surface area contributed by atoms with E-state index in [0.717, 1.165) is 12.2 Å². The summed E-state index contributed by atoms with van der Waals surface area (Å²) in [5.41, 5.74) is 0.218. The number of aromatic nitrogens is 1. The van der Waals surface area contributed by atoms with Gasteiger partial charge >= 0.3 is 0 Å². The van der Waals surface area contributed by atoms with Crippen LogP contribution in [0.3, 0.4) is 0 Å². The molecule has 0 aliphatic heterocycles. The second-order valence-electron chi connectivity index (χ2n) is 4.32. The number of rotatable bonds is 2. The van der Waals surface area contributed by atoms with Crippen LogP contribution in [0.1, 0.15) is 20.3 Å². The van der Waals surface area contributed by atoms with Crippen LogP contribution in [0.25, 0.3) is 0 Å². The van der Waals surface area contributed by atoms with E-state index in [0.29, 0.717) is 10.9 Å². The van der Waals surface area contributed by atoms with Crippen molar-refractivity contribution in [2.75, 3.05) is 0 Å². The smallest absolute Gasteiger partial charge is 0.138 e. The maximum absolute atomic E-state index is 5.84. The van der Waals surface area contributed by atoms with E-state index >= 15 is 0 Å². The molecular weight excluding hydrogens is 242 g/mol. The molecule has 0 spiro atoms. The van der Waals surface area contributed by atoms with Gasteiger partial charge in [-0.1, -0.05) is 29.8 Å². The monoisotopic (exact) mass is 255 g/mol. The molecule has 2 unspecified atom stereocenters.